The van der Waals surface area contributed by atoms with Gasteiger partial charge >= 0.3 is 5.51 Å². The minimum Gasteiger partial charge on any atom is -0.383 e. The zero-order chi connectivity index (χ0) is 15.9. The molecule has 4 nitrogen and oxygen atoms in total. The highest BCUT2D eigenvalue weighted by molar-refractivity contribution is 8.00. The minimum absolute atomic E-state index is 0.00790. The van der Waals surface area contributed by atoms with Crippen molar-refractivity contribution in [2.24, 2.45) is 0 Å². The van der Waals surface area contributed by atoms with Gasteiger partial charge in [0.25, 0.3) is 0 Å². The summed E-state index contributed by atoms with van der Waals surface area (Å²) < 4.78 is 43.0. The molecule has 1 aromatic heterocycles. The fraction of sp³-hybridized carbons (Fsp3) is 0.769. The number of halogens is 3. The summed E-state index contributed by atoms with van der Waals surface area (Å²) in [6, 6.07) is 0. The molecule has 122 valence electrons. The third-order valence-corrected chi connectivity index (χ3v) is 3.85. The molecule has 0 aliphatic rings. The van der Waals surface area contributed by atoms with Gasteiger partial charge in [-0.05, 0) is 44.1 Å². The molecule has 1 heterocycles. The first-order valence-corrected chi connectivity index (χ1v) is 7.77. The lowest BCUT2D eigenvalue weighted by molar-refractivity contribution is -0.0328. The van der Waals surface area contributed by atoms with Crippen LogP contribution in [0.3, 0.4) is 0 Å². The smallest absolute Gasteiger partial charge is 0.383 e. The Morgan fingerprint density at radius 2 is 2.00 bits per heavy atom. The Balaban J connectivity index is 2.47. The lowest BCUT2D eigenvalue weighted by atomic mass is 10.1. The third kappa shape index (κ3) is 6.71. The maximum Gasteiger partial charge on any atom is 0.441 e. The number of rotatable bonds is 9. The molecule has 0 aliphatic heterocycles. The molecule has 1 N–H and O–H groups in total. The Labute approximate surface area is 127 Å². The number of thioether (sulfide) groups is 1. The van der Waals surface area contributed by atoms with Crippen LogP contribution in [0.1, 0.15) is 17.0 Å². The second-order valence-electron chi connectivity index (χ2n) is 4.66. The maximum absolute atomic E-state index is 12.1. The highest BCUT2D eigenvalue weighted by Gasteiger charge is 2.27. The van der Waals surface area contributed by atoms with E-state index < -0.39 is 5.51 Å². The van der Waals surface area contributed by atoms with Crippen molar-refractivity contribution in [3.05, 3.63) is 17.0 Å². The molecule has 0 fully saturated rings. The van der Waals surface area contributed by atoms with Crippen molar-refractivity contribution in [3.63, 3.8) is 0 Å². The molecule has 0 aromatic carbocycles. The summed E-state index contributed by atoms with van der Waals surface area (Å²) in [6.45, 7) is 6.31. The predicted octanol–water partition coefficient (Wildman–Crippen LogP) is 2.53. The molecule has 0 saturated carbocycles. The van der Waals surface area contributed by atoms with Gasteiger partial charge in [0, 0.05) is 25.1 Å². The van der Waals surface area contributed by atoms with E-state index in [1.54, 1.807) is 11.8 Å². The Kier molecular flexibility index (Phi) is 7.55. The number of aromatic nitrogens is 2. The average Bonchev–Trinajstić information content (AvgIpc) is 2.64. The molecule has 0 amide bonds. The van der Waals surface area contributed by atoms with Gasteiger partial charge in [0.15, 0.2) is 0 Å². The molecule has 0 saturated heterocycles. The Morgan fingerprint density at radius 1 is 1.29 bits per heavy atom. The van der Waals surface area contributed by atoms with E-state index in [4.69, 9.17) is 4.74 Å². The number of methoxy groups -OCH3 is 1. The van der Waals surface area contributed by atoms with Gasteiger partial charge in [0.1, 0.15) is 0 Å². The van der Waals surface area contributed by atoms with Crippen LogP contribution in [0.5, 0.6) is 0 Å². The van der Waals surface area contributed by atoms with Crippen LogP contribution in [0.25, 0.3) is 0 Å². The monoisotopic (exact) mass is 325 g/mol. The van der Waals surface area contributed by atoms with Crippen LogP contribution in [-0.4, -0.2) is 47.8 Å². The van der Waals surface area contributed by atoms with Crippen LogP contribution in [0.15, 0.2) is 0 Å². The highest BCUT2D eigenvalue weighted by Crippen LogP contribution is 2.30. The van der Waals surface area contributed by atoms with Crippen molar-refractivity contribution in [1.82, 2.24) is 15.1 Å². The number of hydrogen-bond acceptors (Lipinski definition) is 4. The molecule has 8 heteroatoms. The van der Waals surface area contributed by atoms with Crippen LogP contribution in [0.2, 0.25) is 0 Å². The molecule has 1 aromatic rings. The van der Waals surface area contributed by atoms with E-state index in [0.29, 0.717) is 6.61 Å². The van der Waals surface area contributed by atoms with E-state index in [-0.39, 0.29) is 24.1 Å². The normalized spacial score (nSPS) is 12.1. The van der Waals surface area contributed by atoms with Crippen molar-refractivity contribution in [2.45, 2.75) is 32.3 Å². The number of alkyl halides is 3. The molecule has 0 bridgehead atoms. The molecular weight excluding hydrogens is 303 g/mol. The van der Waals surface area contributed by atoms with Crippen LogP contribution < -0.4 is 5.32 Å². The van der Waals surface area contributed by atoms with Gasteiger partial charge in [-0.2, -0.15) is 18.3 Å². The van der Waals surface area contributed by atoms with E-state index in [2.05, 4.69) is 10.4 Å². The first kappa shape index (κ1) is 18.3. The van der Waals surface area contributed by atoms with Gasteiger partial charge in [-0.1, -0.05) is 0 Å². The number of nitrogens with one attached hydrogen (secondary N) is 1. The Bertz CT molecular complexity index is 435. The third-order valence-electron chi connectivity index (χ3n) is 3.13. The van der Waals surface area contributed by atoms with E-state index in [0.717, 1.165) is 36.5 Å². The molecule has 0 atom stereocenters. The summed E-state index contributed by atoms with van der Waals surface area (Å²) in [4.78, 5) is 0. The lowest BCUT2D eigenvalue weighted by Crippen LogP contribution is -2.22. The fourth-order valence-corrected chi connectivity index (χ4v) is 2.57. The maximum atomic E-state index is 12.1. The second kappa shape index (κ2) is 8.65. The summed E-state index contributed by atoms with van der Waals surface area (Å²) in [7, 11) is 1.65. The Hall–Kier alpha value is -0.730. The number of nitrogens with zero attached hydrogens (tertiary/aromatic N) is 2. The van der Waals surface area contributed by atoms with Crippen LogP contribution >= 0.6 is 11.8 Å². The van der Waals surface area contributed by atoms with Gasteiger partial charge < -0.3 is 10.1 Å². The molecule has 0 unspecified atom stereocenters. The predicted molar refractivity (Wildman–Crippen MR) is 78.7 cm³/mol. The molecule has 0 spiro atoms. The minimum atomic E-state index is -4.18. The second-order valence-corrected chi connectivity index (χ2v) is 5.82. The summed E-state index contributed by atoms with van der Waals surface area (Å²) in [6.07, 6.45) is 0.813. The number of aryl methyl sites for hydroxylation is 2. The molecule has 21 heavy (non-hydrogen) atoms. The molecule has 0 aliphatic carbocycles. The molecular formula is C13H22F3N3OS. The van der Waals surface area contributed by atoms with Crippen LogP contribution in [0, 0.1) is 13.8 Å². The lowest BCUT2D eigenvalue weighted by Gasteiger charge is -2.08. The summed E-state index contributed by atoms with van der Waals surface area (Å²) in [5.41, 5.74) is -1.23. The van der Waals surface area contributed by atoms with Gasteiger partial charge in [0.2, 0.25) is 0 Å². The number of hydrogen-bond donors (Lipinski definition) is 1. The Morgan fingerprint density at radius 3 is 2.62 bits per heavy atom. The van der Waals surface area contributed by atoms with Gasteiger partial charge in [-0.15, -0.1) is 0 Å². The largest absolute Gasteiger partial charge is 0.441 e. The quantitative estimate of drug-likeness (QED) is 0.708. The fourth-order valence-electron chi connectivity index (χ4n) is 2.07. The van der Waals surface area contributed by atoms with E-state index in [1.165, 1.54) is 0 Å². The van der Waals surface area contributed by atoms with Crippen LogP contribution in [-0.2, 0) is 17.7 Å². The first-order valence-electron chi connectivity index (χ1n) is 6.78. The zero-order valence-corrected chi connectivity index (χ0v) is 13.4. The van der Waals surface area contributed by atoms with Gasteiger partial charge in [0.05, 0.1) is 18.8 Å². The van der Waals surface area contributed by atoms with Gasteiger partial charge in [-0.25, -0.2) is 0 Å². The standard InChI is InChI=1S/C13H22F3N3OS/c1-10-12(4-5-17-6-8-20-3)11(2)19(18-10)7-9-21-13(14,15)16/h17H,4-9H2,1-3H3. The van der Waals surface area contributed by atoms with Gasteiger partial charge in [-0.3, -0.25) is 4.68 Å². The summed E-state index contributed by atoms with van der Waals surface area (Å²) in [5.74, 6) is -0.0169. The zero-order valence-electron chi connectivity index (χ0n) is 12.6. The van der Waals surface area contributed by atoms with Crippen molar-refractivity contribution in [2.75, 3.05) is 32.6 Å². The van der Waals surface area contributed by atoms with Crippen molar-refractivity contribution in [1.29, 1.82) is 0 Å². The topological polar surface area (TPSA) is 39.1 Å². The van der Waals surface area contributed by atoms with Crippen LogP contribution in [0.4, 0.5) is 13.2 Å². The van der Waals surface area contributed by atoms with E-state index >= 15 is 0 Å². The number of ether oxygens (including phenoxy) is 1. The summed E-state index contributed by atoms with van der Waals surface area (Å²) in [5, 5.41) is 7.57. The van der Waals surface area contributed by atoms with Crippen molar-refractivity contribution >= 4 is 11.8 Å². The van der Waals surface area contributed by atoms with E-state index in [9.17, 15) is 13.2 Å². The highest BCUT2D eigenvalue weighted by atomic mass is 32.2. The van der Waals surface area contributed by atoms with Crippen molar-refractivity contribution < 1.29 is 17.9 Å². The molecule has 1 rings (SSSR count). The molecule has 0 radical (unpaired) electrons. The van der Waals surface area contributed by atoms with Crippen molar-refractivity contribution in [3.8, 4) is 0 Å². The van der Waals surface area contributed by atoms with E-state index in [1.807, 2.05) is 13.8 Å². The average molecular weight is 325 g/mol. The SMILES string of the molecule is COCCNCCc1c(C)nn(CCSC(F)(F)F)c1C. The summed E-state index contributed by atoms with van der Waals surface area (Å²) >= 11 is -0.00790. The first-order chi connectivity index (χ1) is 9.85.